The molecule has 4 rings (SSSR count). The van der Waals surface area contributed by atoms with Gasteiger partial charge in [0, 0.05) is 24.4 Å². The van der Waals surface area contributed by atoms with E-state index in [1.807, 2.05) is 0 Å². The van der Waals surface area contributed by atoms with Crippen LogP contribution in [0.2, 0.25) is 10.0 Å². The number of nitrogens with one attached hydrogen (secondary N) is 1. The number of halogens is 2. The summed E-state index contributed by atoms with van der Waals surface area (Å²) in [6.07, 6.45) is 4.85. The molecule has 2 N–H and O–H groups in total. The van der Waals surface area contributed by atoms with Crippen LogP contribution >= 0.6 is 34.5 Å². The van der Waals surface area contributed by atoms with Gasteiger partial charge in [-0.05, 0) is 43.4 Å². The first-order valence-electron chi connectivity index (χ1n) is 10.5. The topological polar surface area (TPSA) is 93.5 Å². The van der Waals surface area contributed by atoms with Crippen LogP contribution in [0.1, 0.15) is 29.7 Å². The van der Waals surface area contributed by atoms with Crippen molar-refractivity contribution in [2.75, 3.05) is 13.2 Å². The van der Waals surface area contributed by atoms with Crippen molar-refractivity contribution in [1.82, 2.24) is 14.9 Å². The maximum atomic E-state index is 12.9. The fourth-order valence-electron chi connectivity index (χ4n) is 3.72. The lowest BCUT2D eigenvalue weighted by Gasteiger charge is -2.14. The molecule has 1 atom stereocenters. The van der Waals surface area contributed by atoms with Crippen LogP contribution in [0.3, 0.4) is 0 Å². The second-order valence-electron chi connectivity index (χ2n) is 7.71. The molecule has 1 aromatic carbocycles. The van der Waals surface area contributed by atoms with Gasteiger partial charge in [0.05, 0.1) is 16.7 Å². The van der Waals surface area contributed by atoms with Gasteiger partial charge in [-0.3, -0.25) is 14.2 Å². The van der Waals surface area contributed by atoms with Crippen molar-refractivity contribution in [3.63, 3.8) is 0 Å². The van der Waals surface area contributed by atoms with E-state index in [-0.39, 0.29) is 42.6 Å². The summed E-state index contributed by atoms with van der Waals surface area (Å²) in [5.41, 5.74) is 1.05. The van der Waals surface area contributed by atoms with Crippen LogP contribution in [0, 0.1) is 0 Å². The number of aryl methyl sites for hydroxylation is 3. The summed E-state index contributed by atoms with van der Waals surface area (Å²) >= 11 is 13.6. The van der Waals surface area contributed by atoms with Crippen LogP contribution in [0.15, 0.2) is 29.3 Å². The number of aliphatic hydroxyl groups excluding tert-OH is 1. The zero-order valence-electron chi connectivity index (χ0n) is 17.3. The quantitative estimate of drug-likeness (QED) is 0.497. The van der Waals surface area contributed by atoms with E-state index in [1.165, 1.54) is 15.8 Å². The number of amides is 1. The summed E-state index contributed by atoms with van der Waals surface area (Å²) in [7, 11) is 0. The van der Waals surface area contributed by atoms with E-state index >= 15 is 0 Å². The van der Waals surface area contributed by atoms with Gasteiger partial charge in [-0.2, -0.15) is 0 Å². The van der Waals surface area contributed by atoms with E-state index in [0.29, 0.717) is 16.2 Å². The summed E-state index contributed by atoms with van der Waals surface area (Å²) in [6.45, 7) is 0.188. The molecule has 0 aliphatic heterocycles. The Labute approximate surface area is 198 Å². The lowest BCUT2D eigenvalue weighted by Crippen LogP contribution is -2.36. The number of hydrogen-bond donors (Lipinski definition) is 2. The minimum Gasteiger partial charge on any atom is -0.489 e. The third-order valence-electron chi connectivity index (χ3n) is 5.40. The predicted molar refractivity (Wildman–Crippen MR) is 126 cm³/mol. The Kier molecular flexibility index (Phi) is 7.35. The number of ether oxygens (including phenoxy) is 1. The number of aliphatic hydroxyl groups is 1. The van der Waals surface area contributed by atoms with Crippen LogP contribution in [0.25, 0.3) is 10.2 Å². The fourth-order valence-corrected chi connectivity index (χ4v) is 5.29. The molecule has 7 nitrogen and oxygen atoms in total. The van der Waals surface area contributed by atoms with E-state index in [2.05, 4.69) is 10.3 Å². The SMILES string of the molecule is O=C(CCn1cnc2sc3c(c2c1=O)CCCC3)NCC(O)COc1cccc(Cl)c1Cl. The second kappa shape index (κ2) is 10.2. The largest absolute Gasteiger partial charge is 0.489 e. The number of thiophene rings is 1. The van der Waals surface area contributed by atoms with Crippen LogP contribution in [0.4, 0.5) is 0 Å². The van der Waals surface area contributed by atoms with Crippen LogP contribution in [-0.2, 0) is 24.2 Å². The van der Waals surface area contributed by atoms with Crippen molar-refractivity contribution in [2.24, 2.45) is 0 Å². The molecule has 1 aliphatic rings. The Bertz CT molecular complexity index is 1190. The average molecular weight is 496 g/mol. The van der Waals surface area contributed by atoms with Gasteiger partial charge in [-0.25, -0.2) is 4.98 Å². The van der Waals surface area contributed by atoms with Crippen LogP contribution in [0.5, 0.6) is 5.75 Å². The molecule has 0 bridgehead atoms. The van der Waals surface area contributed by atoms with Crippen molar-refractivity contribution in [1.29, 1.82) is 0 Å². The van der Waals surface area contributed by atoms with Gasteiger partial charge in [0.2, 0.25) is 5.91 Å². The number of carbonyl (C=O) groups is 1. The van der Waals surface area contributed by atoms with Gasteiger partial charge in [0.1, 0.15) is 28.3 Å². The van der Waals surface area contributed by atoms with Gasteiger partial charge in [0.25, 0.3) is 5.56 Å². The van der Waals surface area contributed by atoms with E-state index in [4.69, 9.17) is 27.9 Å². The van der Waals surface area contributed by atoms with Crippen LogP contribution < -0.4 is 15.6 Å². The van der Waals surface area contributed by atoms with Crippen LogP contribution in [-0.4, -0.2) is 39.8 Å². The molecule has 0 saturated carbocycles. The van der Waals surface area contributed by atoms with Crippen molar-refractivity contribution in [3.05, 3.63) is 55.4 Å². The van der Waals surface area contributed by atoms with Crippen molar-refractivity contribution in [3.8, 4) is 5.75 Å². The monoisotopic (exact) mass is 495 g/mol. The number of carbonyl (C=O) groups excluding carboxylic acids is 1. The molecule has 0 fully saturated rings. The van der Waals surface area contributed by atoms with Gasteiger partial charge in [-0.1, -0.05) is 29.3 Å². The first-order valence-corrected chi connectivity index (χ1v) is 12.0. The van der Waals surface area contributed by atoms with E-state index in [1.54, 1.807) is 29.5 Å². The number of aromatic nitrogens is 2. The molecule has 170 valence electrons. The summed E-state index contributed by atoms with van der Waals surface area (Å²) in [5, 5.41) is 14.1. The minimum absolute atomic E-state index is 0.0151. The maximum Gasteiger partial charge on any atom is 0.262 e. The Balaban J connectivity index is 1.28. The number of benzene rings is 1. The molecule has 0 spiro atoms. The Morgan fingerprint density at radius 1 is 1.31 bits per heavy atom. The number of fused-ring (bicyclic) bond motifs is 3. The summed E-state index contributed by atoms with van der Waals surface area (Å²) < 4.78 is 6.96. The smallest absolute Gasteiger partial charge is 0.262 e. The van der Waals surface area contributed by atoms with Crippen molar-refractivity contribution >= 4 is 50.7 Å². The normalized spacial score (nSPS) is 14.2. The molecular weight excluding hydrogens is 473 g/mol. The number of rotatable bonds is 8. The summed E-state index contributed by atoms with van der Waals surface area (Å²) in [4.78, 5) is 31.6. The van der Waals surface area contributed by atoms with Gasteiger partial charge < -0.3 is 15.2 Å². The van der Waals surface area contributed by atoms with E-state index in [9.17, 15) is 14.7 Å². The average Bonchev–Trinajstić information content (AvgIpc) is 3.17. The third kappa shape index (κ3) is 5.09. The lowest BCUT2D eigenvalue weighted by molar-refractivity contribution is -0.121. The molecule has 1 unspecified atom stereocenters. The molecular formula is C22H23Cl2N3O4S. The molecule has 0 saturated heterocycles. The van der Waals surface area contributed by atoms with Crippen molar-refractivity contribution in [2.45, 2.75) is 44.8 Å². The summed E-state index contributed by atoms with van der Waals surface area (Å²) in [6, 6.07) is 4.98. The highest BCUT2D eigenvalue weighted by atomic mass is 35.5. The highest BCUT2D eigenvalue weighted by Crippen LogP contribution is 2.33. The zero-order chi connectivity index (χ0) is 22.7. The molecule has 0 radical (unpaired) electrons. The molecule has 2 aromatic heterocycles. The Morgan fingerprint density at radius 3 is 2.97 bits per heavy atom. The summed E-state index contributed by atoms with van der Waals surface area (Å²) in [5.74, 6) is 0.0895. The molecule has 10 heteroatoms. The lowest BCUT2D eigenvalue weighted by atomic mass is 9.97. The third-order valence-corrected chi connectivity index (χ3v) is 7.41. The Morgan fingerprint density at radius 2 is 2.12 bits per heavy atom. The predicted octanol–water partition coefficient (Wildman–Crippen LogP) is 3.59. The van der Waals surface area contributed by atoms with Crippen molar-refractivity contribution < 1.29 is 14.6 Å². The second-order valence-corrected chi connectivity index (χ2v) is 9.57. The first-order chi connectivity index (χ1) is 15.4. The number of hydrogen-bond acceptors (Lipinski definition) is 6. The number of nitrogens with zero attached hydrogens (tertiary/aromatic N) is 2. The highest BCUT2D eigenvalue weighted by Gasteiger charge is 2.20. The Hall–Kier alpha value is -2.13. The molecule has 1 aliphatic carbocycles. The van der Waals surface area contributed by atoms with Gasteiger partial charge in [-0.15, -0.1) is 11.3 Å². The maximum absolute atomic E-state index is 12.9. The van der Waals surface area contributed by atoms with Gasteiger partial charge >= 0.3 is 0 Å². The highest BCUT2D eigenvalue weighted by molar-refractivity contribution is 7.18. The van der Waals surface area contributed by atoms with E-state index in [0.717, 1.165) is 36.1 Å². The van der Waals surface area contributed by atoms with E-state index < -0.39 is 6.10 Å². The van der Waals surface area contributed by atoms with Gasteiger partial charge in [0.15, 0.2) is 0 Å². The zero-order valence-corrected chi connectivity index (χ0v) is 19.6. The fraction of sp³-hybridized carbons (Fsp3) is 0.409. The molecule has 2 heterocycles. The minimum atomic E-state index is -0.924. The molecule has 3 aromatic rings. The molecule has 1 amide bonds. The standard InChI is InChI=1S/C22H23Cl2N3O4S/c23-15-5-3-6-16(20(15)24)31-11-13(28)10-25-18(29)8-9-27-12-26-21-19(22(27)30)14-4-1-2-7-17(14)32-21/h3,5-6,12-13,28H,1-2,4,7-11H2,(H,25,29). The first kappa shape index (κ1) is 23.0. The molecule has 32 heavy (non-hydrogen) atoms.